The number of carboxylic acids is 1. The zero-order valence-corrected chi connectivity index (χ0v) is 6.98. The minimum absolute atomic E-state index is 0.00361. The van der Waals surface area contributed by atoms with Gasteiger partial charge in [0.1, 0.15) is 5.75 Å². The molecule has 0 spiro atoms. The first kappa shape index (κ1) is 9.62. The van der Waals surface area contributed by atoms with E-state index in [1.165, 1.54) is 0 Å². The van der Waals surface area contributed by atoms with Crippen LogP contribution in [0.2, 0.25) is 0 Å². The molecule has 0 aromatic heterocycles. The van der Waals surface area contributed by atoms with Crippen molar-refractivity contribution in [3.05, 3.63) is 0 Å². The van der Waals surface area contributed by atoms with Crippen LogP contribution < -0.4 is 0 Å². The molecule has 3 nitrogen and oxygen atoms in total. The third kappa shape index (κ3) is 3.61. The van der Waals surface area contributed by atoms with Crippen molar-refractivity contribution in [2.45, 2.75) is 25.5 Å². The summed E-state index contributed by atoms with van der Waals surface area (Å²) in [5.41, 5.74) is 0. The molecule has 0 aliphatic rings. The number of hydrogen-bond acceptors (Lipinski definition) is 2. The van der Waals surface area contributed by atoms with E-state index in [9.17, 15) is 9.00 Å². The molecule has 60 valence electrons. The Labute approximate surface area is 62.9 Å². The summed E-state index contributed by atoms with van der Waals surface area (Å²) in [4.78, 5) is 10.0. The first-order valence-electron chi connectivity index (χ1n) is 3.17. The van der Waals surface area contributed by atoms with Crippen LogP contribution in [-0.4, -0.2) is 26.3 Å². The number of carbonyl (C=O) groups is 1. The second-order valence-corrected chi connectivity index (χ2v) is 3.99. The van der Waals surface area contributed by atoms with Crippen LogP contribution in [0.15, 0.2) is 0 Å². The van der Waals surface area contributed by atoms with Crippen LogP contribution in [-0.2, 0) is 15.6 Å². The fourth-order valence-electron chi connectivity index (χ4n) is 0.450. The van der Waals surface area contributed by atoms with Crippen molar-refractivity contribution in [3.8, 4) is 0 Å². The fraction of sp³-hybridized carbons (Fsp3) is 0.833. The third-order valence-corrected chi connectivity index (χ3v) is 3.05. The molecule has 0 radical (unpaired) electrons. The quantitative estimate of drug-likeness (QED) is 0.662. The molecule has 0 aromatic carbocycles. The van der Waals surface area contributed by atoms with Gasteiger partial charge in [-0.05, 0) is 6.42 Å². The summed E-state index contributed by atoms with van der Waals surface area (Å²) >= 11 is 0. The molecule has 10 heavy (non-hydrogen) atoms. The zero-order chi connectivity index (χ0) is 8.15. The smallest absolute Gasteiger partial charge is 0.316 e. The Bertz CT molecular complexity index is 144. The van der Waals surface area contributed by atoms with E-state index in [2.05, 4.69) is 0 Å². The summed E-state index contributed by atoms with van der Waals surface area (Å²) in [6.45, 7) is 3.68. The molecule has 0 amide bonds. The zero-order valence-electron chi connectivity index (χ0n) is 6.16. The van der Waals surface area contributed by atoms with Gasteiger partial charge >= 0.3 is 5.97 Å². The van der Waals surface area contributed by atoms with Gasteiger partial charge in [-0.3, -0.25) is 9.00 Å². The van der Waals surface area contributed by atoms with Crippen LogP contribution in [0.3, 0.4) is 0 Å². The van der Waals surface area contributed by atoms with Crippen molar-refractivity contribution < 1.29 is 14.1 Å². The van der Waals surface area contributed by atoms with Gasteiger partial charge in [0.05, 0.1) is 0 Å². The Morgan fingerprint density at radius 1 is 1.70 bits per heavy atom. The SMILES string of the molecule is CCC(C)S(=O)CC(=O)O. The largest absolute Gasteiger partial charge is 0.481 e. The summed E-state index contributed by atoms with van der Waals surface area (Å²) in [6.07, 6.45) is 0.764. The van der Waals surface area contributed by atoms with E-state index in [1.807, 2.05) is 6.92 Å². The standard InChI is InChI=1S/C6H12O3S/c1-3-5(2)10(9)4-6(7)8/h5H,3-4H2,1-2H3,(H,7,8). The molecule has 2 atom stereocenters. The first-order chi connectivity index (χ1) is 4.57. The van der Waals surface area contributed by atoms with Gasteiger partial charge < -0.3 is 5.11 Å². The van der Waals surface area contributed by atoms with Gasteiger partial charge in [-0.2, -0.15) is 0 Å². The lowest BCUT2D eigenvalue weighted by atomic mass is 10.4. The van der Waals surface area contributed by atoms with Crippen molar-refractivity contribution in [1.29, 1.82) is 0 Å². The highest BCUT2D eigenvalue weighted by atomic mass is 32.2. The van der Waals surface area contributed by atoms with Crippen LogP contribution in [0.5, 0.6) is 0 Å². The van der Waals surface area contributed by atoms with E-state index in [1.54, 1.807) is 6.92 Å². The van der Waals surface area contributed by atoms with Gasteiger partial charge in [-0.15, -0.1) is 0 Å². The average molecular weight is 164 g/mol. The highest BCUT2D eigenvalue weighted by Crippen LogP contribution is 1.99. The number of rotatable bonds is 4. The molecule has 4 heteroatoms. The lowest BCUT2D eigenvalue weighted by Gasteiger charge is -2.04. The number of hydrogen-bond donors (Lipinski definition) is 1. The Morgan fingerprint density at radius 3 is 2.50 bits per heavy atom. The summed E-state index contributed by atoms with van der Waals surface area (Å²) < 4.78 is 10.9. The van der Waals surface area contributed by atoms with Gasteiger partial charge in [0, 0.05) is 16.0 Å². The van der Waals surface area contributed by atoms with E-state index < -0.39 is 16.8 Å². The van der Waals surface area contributed by atoms with Gasteiger partial charge in [-0.1, -0.05) is 13.8 Å². The summed E-state index contributed by atoms with van der Waals surface area (Å²) in [7, 11) is -1.19. The van der Waals surface area contributed by atoms with Crippen molar-refractivity contribution in [2.24, 2.45) is 0 Å². The Balaban J connectivity index is 3.73. The molecular formula is C6H12O3S. The van der Waals surface area contributed by atoms with Crippen molar-refractivity contribution in [1.82, 2.24) is 0 Å². The van der Waals surface area contributed by atoms with Crippen LogP contribution in [0.1, 0.15) is 20.3 Å². The molecule has 0 aromatic rings. The number of aliphatic carboxylic acids is 1. The highest BCUT2D eigenvalue weighted by Gasteiger charge is 2.11. The molecule has 0 aliphatic heterocycles. The monoisotopic (exact) mass is 164 g/mol. The highest BCUT2D eigenvalue weighted by molar-refractivity contribution is 7.86. The Kier molecular flexibility index (Phi) is 4.27. The average Bonchev–Trinajstić information content (AvgIpc) is 1.85. The van der Waals surface area contributed by atoms with Crippen LogP contribution in [0.4, 0.5) is 0 Å². The van der Waals surface area contributed by atoms with Crippen molar-refractivity contribution >= 4 is 16.8 Å². The second kappa shape index (κ2) is 4.44. The van der Waals surface area contributed by atoms with E-state index in [0.717, 1.165) is 6.42 Å². The number of carboxylic acid groups (broad SMARTS) is 1. The maximum atomic E-state index is 10.9. The van der Waals surface area contributed by atoms with Gasteiger partial charge in [0.2, 0.25) is 0 Å². The summed E-state index contributed by atoms with van der Waals surface area (Å²) in [5, 5.41) is 8.23. The van der Waals surface area contributed by atoms with Gasteiger partial charge in [0.25, 0.3) is 0 Å². The normalized spacial score (nSPS) is 16.2. The van der Waals surface area contributed by atoms with E-state index in [-0.39, 0.29) is 11.0 Å². The first-order valence-corrected chi connectivity index (χ1v) is 4.55. The molecule has 0 fully saturated rings. The minimum atomic E-state index is -1.19. The van der Waals surface area contributed by atoms with Crippen LogP contribution in [0.25, 0.3) is 0 Å². The summed E-state index contributed by atoms with van der Waals surface area (Å²) in [6, 6.07) is 0. The Hall–Kier alpha value is -0.380. The topological polar surface area (TPSA) is 54.4 Å². The maximum Gasteiger partial charge on any atom is 0.316 e. The molecule has 0 saturated carbocycles. The molecular weight excluding hydrogens is 152 g/mol. The van der Waals surface area contributed by atoms with Crippen LogP contribution in [0, 0.1) is 0 Å². The maximum absolute atomic E-state index is 10.9. The molecule has 0 bridgehead atoms. The van der Waals surface area contributed by atoms with Crippen molar-refractivity contribution in [3.63, 3.8) is 0 Å². The molecule has 2 unspecified atom stereocenters. The molecule has 0 rings (SSSR count). The predicted octanol–water partition coefficient (Wildman–Crippen LogP) is 0.618. The molecule has 0 aliphatic carbocycles. The third-order valence-electron chi connectivity index (χ3n) is 1.29. The van der Waals surface area contributed by atoms with E-state index in [4.69, 9.17) is 5.11 Å². The Morgan fingerprint density at radius 2 is 2.20 bits per heavy atom. The molecule has 0 saturated heterocycles. The predicted molar refractivity (Wildman–Crippen MR) is 40.4 cm³/mol. The molecule has 1 N–H and O–H groups in total. The minimum Gasteiger partial charge on any atom is -0.481 e. The molecule has 0 heterocycles. The van der Waals surface area contributed by atoms with Crippen molar-refractivity contribution in [2.75, 3.05) is 5.75 Å². The summed E-state index contributed by atoms with van der Waals surface area (Å²) in [5.74, 6) is -1.21. The van der Waals surface area contributed by atoms with E-state index >= 15 is 0 Å². The second-order valence-electron chi connectivity index (χ2n) is 2.14. The lowest BCUT2D eigenvalue weighted by molar-refractivity contribution is -0.133. The van der Waals surface area contributed by atoms with Crippen LogP contribution >= 0.6 is 0 Å². The van der Waals surface area contributed by atoms with E-state index in [0.29, 0.717) is 0 Å². The fourth-order valence-corrected chi connectivity index (χ4v) is 1.35. The lowest BCUT2D eigenvalue weighted by Crippen LogP contribution is -2.18. The van der Waals surface area contributed by atoms with Gasteiger partial charge in [0.15, 0.2) is 0 Å². The van der Waals surface area contributed by atoms with Gasteiger partial charge in [-0.25, -0.2) is 0 Å².